The van der Waals surface area contributed by atoms with E-state index < -0.39 is 17.7 Å². The summed E-state index contributed by atoms with van der Waals surface area (Å²) in [6.45, 7) is 5.48. The smallest absolute Gasteiger partial charge is 0.407 e. The van der Waals surface area contributed by atoms with Crippen molar-refractivity contribution >= 4 is 12.1 Å². The quantitative estimate of drug-likeness (QED) is 0.791. The first-order valence-electron chi connectivity index (χ1n) is 6.48. The summed E-state index contributed by atoms with van der Waals surface area (Å²) >= 11 is 0. The van der Waals surface area contributed by atoms with Crippen molar-refractivity contribution in [1.29, 1.82) is 0 Å². The van der Waals surface area contributed by atoms with Crippen LogP contribution < -0.4 is 5.32 Å². The lowest BCUT2D eigenvalue weighted by molar-refractivity contribution is -0.141. The van der Waals surface area contributed by atoms with Gasteiger partial charge in [0.15, 0.2) is 0 Å². The Labute approximate surface area is 107 Å². The van der Waals surface area contributed by atoms with E-state index in [1.165, 1.54) is 0 Å². The molecule has 1 amide bonds. The normalized spacial score (nSPS) is 34.4. The number of amides is 1. The maximum atomic E-state index is 11.6. The van der Waals surface area contributed by atoms with Crippen LogP contribution in [0, 0.1) is 17.8 Å². The molecule has 2 saturated carbocycles. The molecule has 0 spiro atoms. The Hall–Kier alpha value is -1.26. The number of carboxylic acids is 1. The molecule has 0 bridgehead atoms. The summed E-state index contributed by atoms with van der Waals surface area (Å²) in [6, 6.07) is 0.0919. The van der Waals surface area contributed by atoms with E-state index in [4.69, 9.17) is 9.84 Å². The molecule has 2 fully saturated rings. The molecule has 5 nitrogen and oxygen atoms in total. The van der Waals surface area contributed by atoms with Crippen LogP contribution in [0.15, 0.2) is 0 Å². The van der Waals surface area contributed by atoms with Gasteiger partial charge in [-0.3, -0.25) is 4.79 Å². The lowest BCUT2D eigenvalue weighted by atomic mass is 9.71. The number of rotatable bonds is 2. The van der Waals surface area contributed by atoms with E-state index in [2.05, 4.69) is 5.32 Å². The molecule has 0 aliphatic heterocycles. The first-order chi connectivity index (χ1) is 8.26. The summed E-state index contributed by atoms with van der Waals surface area (Å²) in [5.74, 6) is -0.157. The third-order valence-corrected chi connectivity index (χ3v) is 3.87. The van der Waals surface area contributed by atoms with Crippen molar-refractivity contribution in [2.75, 3.05) is 0 Å². The van der Waals surface area contributed by atoms with Crippen LogP contribution in [-0.4, -0.2) is 28.8 Å². The number of hydrogen-bond donors (Lipinski definition) is 2. The molecule has 0 radical (unpaired) electrons. The van der Waals surface area contributed by atoms with Gasteiger partial charge < -0.3 is 15.2 Å². The van der Waals surface area contributed by atoms with E-state index in [0.29, 0.717) is 18.3 Å². The zero-order chi connectivity index (χ0) is 13.5. The summed E-state index contributed by atoms with van der Waals surface area (Å²) in [6.07, 6.45) is 1.92. The van der Waals surface area contributed by atoms with Crippen LogP contribution in [0.2, 0.25) is 0 Å². The lowest BCUT2D eigenvalue weighted by Gasteiger charge is -2.40. The van der Waals surface area contributed by atoms with Gasteiger partial charge in [0.2, 0.25) is 0 Å². The number of alkyl carbamates (subject to hydrolysis) is 1. The molecule has 4 atom stereocenters. The minimum atomic E-state index is -0.708. The van der Waals surface area contributed by atoms with Crippen LogP contribution in [0.25, 0.3) is 0 Å². The molecule has 0 heterocycles. The summed E-state index contributed by atoms with van der Waals surface area (Å²) in [5.41, 5.74) is -0.494. The summed E-state index contributed by atoms with van der Waals surface area (Å²) in [5, 5.41) is 11.8. The van der Waals surface area contributed by atoms with Gasteiger partial charge in [-0.25, -0.2) is 4.79 Å². The van der Waals surface area contributed by atoms with Crippen molar-refractivity contribution in [3.8, 4) is 0 Å². The molecule has 2 rings (SSSR count). The highest BCUT2D eigenvalue weighted by Gasteiger charge is 2.50. The Morgan fingerprint density at radius 1 is 1.22 bits per heavy atom. The molecular formula is C13H21NO4. The Morgan fingerprint density at radius 2 is 1.89 bits per heavy atom. The van der Waals surface area contributed by atoms with Crippen LogP contribution in [0.1, 0.15) is 40.0 Å². The lowest BCUT2D eigenvalue weighted by Crippen LogP contribution is -2.51. The number of carbonyl (C=O) groups is 2. The minimum absolute atomic E-state index is 0.0919. The predicted molar refractivity (Wildman–Crippen MR) is 65.1 cm³/mol. The second-order valence-corrected chi connectivity index (χ2v) is 6.42. The number of aliphatic carboxylic acids is 1. The summed E-state index contributed by atoms with van der Waals surface area (Å²) in [7, 11) is 0. The van der Waals surface area contributed by atoms with Gasteiger partial charge in [-0.05, 0) is 51.9 Å². The average molecular weight is 255 g/mol. The van der Waals surface area contributed by atoms with Gasteiger partial charge in [-0.2, -0.15) is 0 Å². The number of hydrogen-bond acceptors (Lipinski definition) is 3. The van der Waals surface area contributed by atoms with Crippen LogP contribution in [0.4, 0.5) is 4.79 Å². The second kappa shape index (κ2) is 4.44. The molecule has 102 valence electrons. The zero-order valence-corrected chi connectivity index (χ0v) is 11.1. The van der Waals surface area contributed by atoms with E-state index >= 15 is 0 Å². The van der Waals surface area contributed by atoms with Crippen LogP contribution in [0.5, 0.6) is 0 Å². The van der Waals surface area contributed by atoms with Gasteiger partial charge in [0.25, 0.3) is 0 Å². The Balaban J connectivity index is 1.81. The van der Waals surface area contributed by atoms with Crippen molar-refractivity contribution < 1.29 is 19.4 Å². The first-order valence-corrected chi connectivity index (χ1v) is 6.48. The first kappa shape index (κ1) is 13.2. The number of carbonyl (C=O) groups excluding carboxylic acids is 1. The largest absolute Gasteiger partial charge is 0.481 e. The van der Waals surface area contributed by atoms with Crippen molar-refractivity contribution in [2.24, 2.45) is 17.8 Å². The third kappa shape index (κ3) is 2.76. The maximum absolute atomic E-state index is 11.6. The van der Waals surface area contributed by atoms with Gasteiger partial charge in [0.05, 0.1) is 5.92 Å². The van der Waals surface area contributed by atoms with Crippen molar-refractivity contribution in [3.63, 3.8) is 0 Å². The monoisotopic (exact) mass is 255 g/mol. The fraction of sp³-hybridized carbons (Fsp3) is 0.846. The average Bonchev–Trinajstić information content (AvgIpc) is 2.50. The maximum Gasteiger partial charge on any atom is 0.407 e. The Kier molecular flexibility index (Phi) is 3.25. The Morgan fingerprint density at radius 3 is 2.44 bits per heavy atom. The van der Waals surface area contributed by atoms with Crippen LogP contribution >= 0.6 is 0 Å². The standard InChI is InChI=1S/C13H21NO4/c1-13(2,3)18-12(17)14-10-6-7-4-8(11(15)16)5-9(7)10/h7-10H,4-6H2,1-3H3,(H,14,17)(H,15,16)/t7-,8?,9-,10-/m1/s1. The van der Waals surface area contributed by atoms with Gasteiger partial charge in [-0.1, -0.05) is 0 Å². The number of carboxylic acid groups (broad SMARTS) is 1. The topological polar surface area (TPSA) is 75.6 Å². The number of nitrogens with one attached hydrogen (secondary N) is 1. The number of fused-ring (bicyclic) bond motifs is 1. The predicted octanol–water partition coefficient (Wildman–Crippen LogP) is 2.01. The highest BCUT2D eigenvalue weighted by atomic mass is 16.6. The van der Waals surface area contributed by atoms with E-state index in [-0.39, 0.29) is 12.0 Å². The van der Waals surface area contributed by atoms with E-state index in [1.807, 2.05) is 20.8 Å². The highest BCUT2D eigenvalue weighted by Crippen LogP contribution is 2.49. The van der Waals surface area contributed by atoms with Gasteiger partial charge >= 0.3 is 12.1 Å². The molecule has 0 aromatic heterocycles. The SMILES string of the molecule is CC(C)(C)OC(=O)N[C@@H]1C[C@H]2CC(C(=O)O)C[C@H]21. The summed E-state index contributed by atoms with van der Waals surface area (Å²) in [4.78, 5) is 22.5. The van der Waals surface area contributed by atoms with Crippen molar-refractivity contribution in [1.82, 2.24) is 5.32 Å². The van der Waals surface area contributed by atoms with Crippen LogP contribution in [0.3, 0.4) is 0 Å². The van der Waals surface area contributed by atoms with Gasteiger partial charge in [0.1, 0.15) is 5.60 Å². The van der Waals surface area contributed by atoms with E-state index in [0.717, 1.165) is 12.8 Å². The van der Waals surface area contributed by atoms with E-state index in [1.54, 1.807) is 0 Å². The van der Waals surface area contributed by atoms with Gasteiger partial charge in [0, 0.05) is 6.04 Å². The van der Waals surface area contributed by atoms with Crippen molar-refractivity contribution in [3.05, 3.63) is 0 Å². The molecule has 0 saturated heterocycles. The number of ether oxygens (including phenoxy) is 1. The molecule has 1 unspecified atom stereocenters. The third-order valence-electron chi connectivity index (χ3n) is 3.87. The molecular weight excluding hydrogens is 234 g/mol. The molecule has 5 heteroatoms. The van der Waals surface area contributed by atoms with E-state index in [9.17, 15) is 9.59 Å². The molecule has 2 aliphatic carbocycles. The molecule has 18 heavy (non-hydrogen) atoms. The highest BCUT2D eigenvalue weighted by molar-refractivity contribution is 5.71. The van der Waals surface area contributed by atoms with Crippen molar-refractivity contribution in [2.45, 2.75) is 51.7 Å². The molecule has 0 aromatic rings. The minimum Gasteiger partial charge on any atom is -0.481 e. The summed E-state index contributed by atoms with van der Waals surface area (Å²) < 4.78 is 5.20. The fourth-order valence-electron chi connectivity index (χ4n) is 3.05. The molecule has 0 aromatic carbocycles. The molecule has 2 N–H and O–H groups in total. The zero-order valence-electron chi connectivity index (χ0n) is 11.1. The Bertz CT molecular complexity index is 360. The molecule has 2 aliphatic rings. The van der Waals surface area contributed by atoms with Gasteiger partial charge in [-0.15, -0.1) is 0 Å². The van der Waals surface area contributed by atoms with Crippen LogP contribution in [-0.2, 0) is 9.53 Å². The fourth-order valence-corrected chi connectivity index (χ4v) is 3.05. The second-order valence-electron chi connectivity index (χ2n) is 6.42.